The van der Waals surface area contributed by atoms with Crippen LogP contribution in [0.25, 0.3) is 0 Å². The number of hydrogen-bond donors (Lipinski definition) is 4. The van der Waals surface area contributed by atoms with E-state index in [4.69, 9.17) is 0 Å². The predicted octanol–water partition coefficient (Wildman–Crippen LogP) is 1.37. The summed E-state index contributed by atoms with van der Waals surface area (Å²) in [7, 11) is 0. The van der Waals surface area contributed by atoms with Gasteiger partial charge in [0.1, 0.15) is 0 Å². The van der Waals surface area contributed by atoms with Gasteiger partial charge >= 0.3 is 0 Å². The van der Waals surface area contributed by atoms with Crippen LogP contribution in [0.2, 0.25) is 0 Å². The average Bonchev–Trinajstić information content (AvgIpc) is 3.24. The number of nitrogens with one attached hydrogen (secondary N) is 3. The standard InChI is InChI=1S/C25H34N6O3/c1-16-12-17(8-11-26-16)23-20-13-18(6-7-21(20)29-30-23)24(33)28-19-4-2-9-25(34,14-19)15-31-22(32)5-3-10-27-31/h3,5,8,10-12,18-21,23,29-30,34H,2,4,6-7,9,13-15H2,1H3,(H,28,33)/t18?,19-,20?,21?,23?,25-/m1/s1. The molecule has 2 aliphatic carbocycles. The molecular weight excluding hydrogens is 432 g/mol. The average molecular weight is 467 g/mol. The molecule has 2 saturated carbocycles. The fourth-order valence-electron chi connectivity index (χ4n) is 6.10. The lowest BCUT2D eigenvalue weighted by atomic mass is 9.74. The second-order valence-corrected chi connectivity index (χ2v) is 10.3. The van der Waals surface area contributed by atoms with Crippen LogP contribution in [-0.2, 0) is 11.3 Å². The molecule has 3 fully saturated rings. The van der Waals surface area contributed by atoms with Crippen molar-refractivity contribution in [3.63, 3.8) is 0 Å². The molecular formula is C25H34N6O3. The van der Waals surface area contributed by atoms with Crippen molar-refractivity contribution < 1.29 is 9.90 Å². The monoisotopic (exact) mass is 466 g/mol. The first-order valence-electron chi connectivity index (χ1n) is 12.4. The van der Waals surface area contributed by atoms with E-state index in [9.17, 15) is 14.7 Å². The van der Waals surface area contributed by atoms with Gasteiger partial charge in [-0.05, 0) is 81.5 Å². The van der Waals surface area contributed by atoms with Gasteiger partial charge in [0.15, 0.2) is 0 Å². The summed E-state index contributed by atoms with van der Waals surface area (Å²) >= 11 is 0. The summed E-state index contributed by atoms with van der Waals surface area (Å²) in [6.07, 6.45) is 8.69. The third-order valence-corrected chi connectivity index (χ3v) is 7.80. The lowest BCUT2D eigenvalue weighted by Crippen LogP contribution is -2.50. The maximum absolute atomic E-state index is 13.3. The third kappa shape index (κ3) is 4.92. The fourth-order valence-corrected chi connectivity index (χ4v) is 6.10. The lowest BCUT2D eigenvalue weighted by molar-refractivity contribution is -0.128. The summed E-state index contributed by atoms with van der Waals surface area (Å²) in [6.45, 7) is 2.15. The van der Waals surface area contributed by atoms with Crippen molar-refractivity contribution in [1.82, 2.24) is 30.9 Å². The van der Waals surface area contributed by atoms with Crippen molar-refractivity contribution in [2.24, 2.45) is 11.8 Å². The van der Waals surface area contributed by atoms with Gasteiger partial charge in [-0.3, -0.25) is 20.0 Å². The normalized spacial score (nSPS) is 33.3. The second-order valence-electron chi connectivity index (χ2n) is 10.3. The summed E-state index contributed by atoms with van der Waals surface area (Å²) in [5.74, 6) is 0.381. The lowest BCUT2D eigenvalue weighted by Gasteiger charge is -2.38. The fraction of sp³-hybridized carbons (Fsp3) is 0.600. The number of nitrogens with zero attached hydrogens (tertiary/aromatic N) is 3. The topological polar surface area (TPSA) is 121 Å². The first-order chi connectivity index (χ1) is 16.4. The molecule has 9 nitrogen and oxygen atoms in total. The Bertz CT molecular complexity index is 1090. The van der Waals surface area contributed by atoms with Gasteiger partial charge in [-0.15, -0.1) is 0 Å². The molecule has 182 valence electrons. The van der Waals surface area contributed by atoms with Crippen LogP contribution in [0.1, 0.15) is 62.2 Å². The Labute approximate surface area is 199 Å². The maximum Gasteiger partial charge on any atom is 0.266 e. The quantitative estimate of drug-likeness (QED) is 0.525. The Morgan fingerprint density at radius 3 is 2.97 bits per heavy atom. The van der Waals surface area contributed by atoms with E-state index >= 15 is 0 Å². The highest BCUT2D eigenvalue weighted by Crippen LogP contribution is 2.40. The number of carbonyl (C=O) groups excluding carboxylic acids is 1. The van der Waals surface area contributed by atoms with Crippen LogP contribution in [0.4, 0.5) is 0 Å². The summed E-state index contributed by atoms with van der Waals surface area (Å²) in [5.41, 5.74) is 7.81. The molecule has 1 saturated heterocycles. The van der Waals surface area contributed by atoms with Crippen molar-refractivity contribution in [3.05, 3.63) is 58.3 Å². The summed E-state index contributed by atoms with van der Waals surface area (Å²) < 4.78 is 1.31. The van der Waals surface area contributed by atoms with Crippen LogP contribution in [0.3, 0.4) is 0 Å². The molecule has 1 aliphatic heterocycles. The Kier molecular flexibility index (Phi) is 6.50. The number of hydrogen-bond acceptors (Lipinski definition) is 7. The Balaban J connectivity index is 1.21. The van der Waals surface area contributed by atoms with Gasteiger partial charge in [-0.1, -0.05) is 0 Å². The number of carbonyl (C=O) groups is 1. The van der Waals surface area contributed by atoms with E-state index < -0.39 is 5.60 Å². The number of fused-ring (bicyclic) bond motifs is 1. The smallest absolute Gasteiger partial charge is 0.266 e. The molecule has 4 N–H and O–H groups in total. The summed E-state index contributed by atoms with van der Waals surface area (Å²) in [4.78, 5) is 29.6. The molecule has 5 rings (SSSR count). The van der Waals surface area contributed by atoms with E-state index in [0.717, 1.165) is 37.8 Å². The zero-order valence-corrected chi connectivity index (χ0v) is 19.6. The Morgan fingerprint density at radius 2 is 2.15 bits per heavy atom. The van der Waals surface area contributed by atoms with E-state index in [1.807, 2.05) is 19.2 Å². The van der Waals surface area contributed by atoms with Gasteiger partial charge < -0.3 is 10.4 Å². The van der Waals surface area contributed by atoms with E-state index in [1.54, 1.807) is 12.3 Å². The van der Waals surface area contributed by atoms with Crippen molar-refractivity contribution in [3.8, 4) is 0 Å². The van der Waals surface area contributed by atoms with Crippen molar-refractivity contribution in [2.75, 3.05) is 0 Å². The van der Waals surface area contributed by atoms with Crippen molar-refractivity contribution in [2.45, 2.75) is 82.1 Å². The number of aromatic nitrogens is 3. The van der Waals surface area contributed by atoms with Crippen LogP contribution >= 0.6 is 0 Å². The minimum atomic E-state index is -1.05. The van der Waals surface area contributed by atoms with E-state index in [0.29, 0.717) is 24.8 Å². The van der Waals surface area contributed by atoms with E-state index in [1.165, 1.54) is 16.3 Å². The first-order valence-corrected chi connectivity index (χ1v) is 12.4. The Morgan fingerprint density at radius 1 is 1.26 bits per heavy atom. The number of aliphatic hydroxyl groups is 1. The first kappa shape index (κ1) is 23.1. The highest BCUT2D eigenvalue weighted by Gasteiger charge is 2.43. The molecule has 0 spiro atoms. The van der Waals surface area contributed by atoms with Crippen LogP contribution in [0.5, 0.6) is 0 Å². The SMILES string of the molecule is Cc1cc(C2NNC3CCC(C(=O)N[C@@H]4CCC[C@](O)(Cn5ncccc5=O)C4)CC32)ccn1. The van der Waals surface area contributed by atoms with Crippen LogP contribution in [0, 0.1) is 18.8 Å². The van der Waals surface area contributed by atoms with Gasteiger partial charge in [-0.25, -0.2) is 10.1 Å². The number of pyridine rings is 1. The second kappa shape index (κ2) is 9.56. The summed E-state index contributed by atoms with van der Waals surface area (Å²) in [5, 5.41) is 18.5. The third-order valence-electron chi connectivity index (χ3n) is 7.80. The van der Waals surface area contributed by atoms with Gasteiger partial charge in [0.25, 0.3) is 5.56 Å². The van der Waals surface area contributed by atoms with Crippen LogP contribution in [0.15, 0.2) is 41.5 Å². The highest BCUT2D eigenvalue weighted by atomic mass is 16.3. The number of amides is 1. The van der Waals surface area contributed by atoms with Gasteiger partial charge in [0, 0.05) is 42.2 Å². The highest BCUT2D eigenvalue weighted by molar-refractivity contribution is 5.79. The van der Waals surface area contributed by atoms with Crippen molar-refractivity contribution in [1.29, 1.82) is 0 Å². The molecule has 0 bridgehead atoms. The minimum Gasteiger partial charge on any atom is -0.388 e. The zero-order valence-electron chi connectivity index (χ0n) is 19.6. The van der Waals surface area contributed by atoms with E-state index in [2.05, 4.69) is 32.3 Å². The number of rotatable bonds is 5. The van der Waals surface area contributed by atoms with Crippen molar-refractivity contribution >= 4 is 5.91 Å². The Hall–Kier alpha value is -2.62. The van der Waals surface area contributed by atoms with Crippen LogP contribution in [-0.4, -0.2) is 43.5 Å². The maximum atomic E-state index is 13.3. The molecule has 3 heterocycles. The molecule has 2 aromatic rings. The van der Waals surface area contributed by atoms with Gasteiger partial charge in [-0.2, -0.15) is 5.10 Å². The van der Waals surface area contributed by atoms with Gasteiger partial charge in [0.05, 0.1) is 18.2 Å². The molecule has 0 aromatic carbocycles. The molecule has 6 atom stereocenters. The molecule has 2 aromatic heterocycles. The molecule has 3 aliphatic rings. The zero-order chi connectivity index (χ0) is 23.7. The number of aryl methyl sites for hydroxylation is 1. The van der Waals surface area contributed by atoms with E-state index in [-0.39, 0.29) is 36.0 Å². The number of hydrazine groups is 1. The molecule has 4 unspecified atom stereocenters. The largest absolute Gasteiger partial charge is 0.388 e. The molecule has 34 heavy (non-hydrogen) atoms. The molecule has 0 radical (unpaired) electrons. The van der Waals surface area contributed by atoms with Crippen LogP contribution < -0.4 is 21.7 Å². The molecule has 9 heteroatoms. The minimum absolute atomic E-state index is 0.0400. The molecule has 1 amide bonds. The summed E-state index contributed by atoms with van der Waals surface area (Å²) in [6, 6.07) is 7.63. The van der Waals surface area contributed by atoms with Gasteiger partial charge in [0.2, 0.25) is 5.91 Å². The predicted molar refractivity (Wildman–Crippen MR) is 126 cm³/mol.